The maximum absolute atomic E-state index is 13.6. The van der Waals surface area contributed by atoms with Gasteiger partial charge in [0.05, 0.1) is 50.7 Å². The molecule has 664 valence electrons. The van der Waals surface area contributed by atoms with E-state index in [1.54, 1.807) is 0 Å². The maximum Gasteiger partial charge on any atom is 0.364 e. The molecule has 0 aromatic rings. The Labute approximate surface area is 683 Å². The first-order valence-electron chi connectivity index (χ1n) is 46.2. The molecular formula is C90H168N2O21. The minimum absolute atomic E-state index is 0.226. The van der Waals surface area contributed by atoms with E-state index in [1.165, 1.54) is 283 Å². The number of aliphatic carboxylic acids is 1. The van der Waals surface area contributed by atoms with Crippen LogP contribution in [0.2, 0.25) is 0 Å². The van der Waals surface area contributed by atoms with Crippen molar-refractivity contribution in [1.29, 1.82) is 0 Å². The van der Waals surface area contributed by atoms with Crippen LogP contribution in [0.1, 0.15) is 393 Å². The minimum Gasteiger partial charge on any atom is -0.477 e. The first-order valence-corrected chi connectivity index (χ1v) is 46.2. The van der Waals surface area contributed by atoms with E-state index in [-0.39, 0.29) is 18.9 Å². The molecule has 3 aliphatic rings. The smallest absolute Gasteiger partial charge is 0.364 e. The van der Waals surface area contributed by atoms with E-state index in [9.17, 15) is 75.7 Å². The molecule has 23 heteroatoms. The van der Waals surface area contributed by atoms with Gasteiger partial charge in [0.25, 0.3) is 5.79 Å². The van der Waals surface area contributed by atoms with Crippen LogP contribution in [0.15, 0.2) is 24.3 Å². The van der Waals surface area contributed by atoms with Crippen molar-refractivity contribution in [2.24, 2.45) is 0 Å². The van der Waals surface area contributed by atoms with Crippen LogP contribution in [0.25, 0.3) is 0 Å². The molecule has 0 saturated carbocycles. The minimum atomic E-state index is -3.08. The normalized spacial score (nSPS) is 25.3. The van der Waals surface area contributed by atoms with Gasteiger partial charge in [0.2, 0.25) is 11.8 Å². The highest BCUT2D eigenvalue weighted by Crippen LogP contribution is 2.39. The number of rotatable bonds is 75. The molecule has 0 spiro atoms. The van der Waals surface area contributed by atoms with Gasteiger partial charge in [-0.2, -0.15) is 0 Å². The van der Waals surface area contributed by atoms with Gasteiger partial charge in [-0.3, -0.25) is 9.59 Å². The van der Waals surface area contributed by atoms with E-state index in [4.69, 9.17) is 28.4 Å². The fraction of sp³-hybridized carbons (Fsp3) is 0.922. The first kappa shape index (κ1) is 104. The van der Waals surface area contributed by atoms with Crippen LogP contribution in [0.4, 0.5) is 0 Å². The second kappa shape index (κ2) is 67.9. The monoisotopic (exact) mass is 1610 g/mol. The number of carbonyl (C=O) groups is 3. The number of aliphatic hydroxyl groups is 11. The van der Waals surface area contributed by atoms with Crippen molar-refractivity contribution in [3.8, 4) is 0 Å². The summed E-state index contributed by atoms with van der Waals surface area (Å²) in [4.78, 5) is 38.8. The fourth-order valence-corrected chi connectivity index (χ4v) is 16.2. The lowest BCUT2D eigenvalue weighted by molar-refractivity contribution is -0.386. The molecule has 0 aromatic carbocycles. The average Bonchev–Trinajstić information content (AvgIpc) is 0.755. The van der Waals surface area contributed by atoms with E-state index in [2.05, 4.69) is 48.8 Å². The van der Waals surface area contributed by atoms with Gasteiger partial charge < -0.3 is 100 Å². The predicted molar refractivity (Wildman–Crippen MR) is 445 cm³/mol. The van der Waals surface area contributed by atoms with E-state index < -0.39 is 148 Å². The van der Waals surface area contributed by atoms with Crippen molar-refractivity contribution in [3.05, 3.63) is 24.3 Å². The third-order valence-electron chi connectivity index (χ3n) is 23.4. The molecule has 0 aromatic heterocycles. The summed E-state index contributed by atoms with van der Waals surface area (Å²) in [5.74, 6) is -6.09. The fourth-order valence-electron chi connectivity index (χ4n) is 16.2. The molecule has 0 radical (unpaired) electrons. The molecule has 18 unspecified atom stereocenters. The molecule has 3 saturated heterocycles. The summed E-state index contributed by atoms with van der Waals surface area (Å²) in [6.07, 6.45) is 50.6. The van der Waals surface area contributed by atoms with Crippen LogP contribution in [-0.2, 0) is 42.8 Å². The van der Waals surface area contributed by atoms with Gasteiger partial charge in [0.1, 0.15) is 67.1 Å². The molecule has 2 amide bonds. The van der Waals surface area contributed by atoms with Gasteiger partial charge in [0, 0.05) is 19.8 Å². The third kappa shape index (κ3) is 46.6. The number of unbranched alkanes of at least 4 members (excludes halogenated alkanes) is 51. The SMILES string of the molecule is CCCCCCCCCCCCCCCCC/C=C\C/C=C\CCCCCCCCCCCCCCCCCCCC(=O)NC(COC1OC(CO)C(OC2OC(CO)C(O)C(OC3(C(=O)O)CC(O)C(NC(C)=O)C(C(O)C(O)CO)O3)C2O)C(O)C1O)C(O)CCCCCCCCCCCCCCCCCCCCCC. The second-order valence-electron chi connectivity index (χ2n) is 33.5. The number of carbonyl (C=O) groups excluding carboxylic acids is 2. The number of hydrogen-bond acceptors (Lipinski definition) is 20. The number of aliphatic hydroxyl groups excluding tert-OH is 11. The molecular weight excluding hydrogens is 1440 g/mol. The number of nitrogens with one attached hydrogen (secondary N) is 2. The zero-order valence-electron chi connectivity index (χ0n) is 71.0. The van der Waals surface area contributed by atoms with Crippen LogP contribution >= 0.6 is 0 Å². The van der Waals surface area contributed by atoms with Gasteiger partial charge in [0.15, 0.2) is 12.6 Å². The lowest BCUT2D eigenvalue weighted by Crippen LogP contribution is -2.70. The summed E-state index contributed by atoms with van der Waals surface area (Å²) in [5.41, 5.74) is 0. The quantitative estimate of drug-likeness (QED) is 0.0199. The number of carboxylic acids is 1. The van der Waals surface area contributed by atoms with Gasteiger partial charge in [-0.25, -0.2) is 4.79 Å². The van der Waals surface area contributed by atoms with E-state index >= 15 is 0 Å². The summed E-state index contributed by atoms with van der Waals surface area (Å²) in [6.45, 7) is 2.28. The summed E-state index contributed by atoms with van der Waals surface area (Å²) in [5, 5.41) is 137. The van der Waals surface area contributed by atoms with Gasteiger partial charge in [-0.05, 0) is 44.9 Å². The molecule has 3 heterocycles. The van der Waals surface area contributed by atoms with Crippen LogP contribution < -0.4 is 10.6 Å². The topological polar surface area (TPSA) is 373 Å². The van der Waals surface area contributed by atoms with Crippen molar-refractivity contribution in [2.75, 3.05) is 26.4 Å². The summed E-state index contributed by atoms with van der Waals surface area (Å²) in [6, 6.07) is -2.53. The number of allylic oxidation sites excluding steroid dienone is 4. The Morgan fingerprint density at radius 3 is 1.24 bits per heavy atom. The molecule has 14 N–H and O–H groups in total. The Bertz CT molecular complexity index is 2330. The van der Waals surface area contributed by atoms with Crippen molar-refractivity contribution < 1.29 is 104 Å². The Hall–Kier alpha value is -2.79. The van der Waals surface area contributed by atoms with Crippen LogP contribution in [0, 0.1) is 0 Å². The van der Waals surface area contributed by atoms with Crippen molar-refractivity contribution in [1.82, 2.24) is 10.6 Å². The van der Waals surface area contributed by atoms with Crippen molar-refractivity contribution in [3.63, 3.8) is 0 Å². The van der Waals surface area contributed by atoms with Gasteiger partial charge in [-0.15, -0.1) is 0 Å². The molecule has 3 rings (SSSR count). The first-order chi connectivity index (χ1) is 54.9. The largest absolute Gasteiger partial charge is 0.477 e. The molecule has 23 nitrogen and oxygen atoms in total. The summed E-state index contributed by atoms with van der Waals surface area (Å²) < 4.78 is 35.1. The van der Waals surface area contributed by atoms with Gasteiger partial charge in [-0.1, -0.05) is 353 Å². The Kier molecular flexibility index (Phi) is 62.8. The highest BCUT2D eigenvalue weighted by atomic mass is 16.8. The summed E-state index contributed by atoms with van der Waals surface area (Å²) >= 11 is 0. The van der Waals surface area contributed by atoms with E-state index in [0.717, 1.165) is 64.7 Å². The predicted octanol–water partition coefficient (Wildman–Crippen LogP) is 15.0. The number of ether oxygens (including phenoxy) is 6. The summed E-state index contributed by atoms with van der Waals surface area (Å²) in [7, 11) is 0. The third-order valence-corrected chi connectivity index (χ3v) is 23.4. The molecule has 113 heavy (non-hydrogen) atoms. The zero-order valence-corrected chi connectivity index (χ0v) is 71.0. The Balaban J connectivity index is 1.40. The van der Waals surface area contributed by atoms with E-state index in [1.807, 2.05) is 0 Å². The van der Waals surface area contributed by atoms with Crippen LogP contribution in [0.5, 0.6) is 0 Å². The van der Waals surface area contributed by atoms with Crippen LogP contribution in [0.3, 0.4) is 0 Å². The number of carboxylic acid groups (broad SMARTS) is 1. The van der Waals surface area contributed by atoms with Gasteiger partial charge >= 0.3 is 5.97 Å². The number of hydrogen-bond donors (Lipinski definition) is 14. The molecule has 18 atom stereocenters. The molecule has 0 aliphatic carbocycles. The Morgan fingerprint density at radius 2 is 0.850 bits per heavy atom. The highest BCUT2D eigenvalue weighted by Gasteiger charge is 2.60. The highest BCUT2D eigenvalue weighted by molar-refractivity contribution is 5.77. The Morgan fingerprint density at radius 1 is 0.460 bits per heavy atom. The standard InChI is InChI=1S/C90H168N2O21/c1-4-6-8-10-12-14-16-18-20-22-24-26-27-28-29-30-31-32-33-34-35-36-37-38-39-40-41-42-43-44-46-48-50-52-54-56-58-60-62-64-77(100)92-71(72(97)63-61-59-57-55-53-51-49-47-45-25-23-21-19-17-15-13-11-9-7-5-2)69-108-87-82(104)81(103)84(76(68-95)110-87)111-88-83(105)86(80(102)75(67-94)109-88)113-90(89(106)107)65-73(98)78(91-70(3)96)85(112-90)79(101)74(99)66-93/h31-32,34-35,71-76,78-88,93-95,97-99,101-105H,4-30,33,36-69H2,1-3H3,(H,91,96)(H,92,100)(H,106,107)/b32-31-,35-34-. The van der Waals surface area contributed by atoms with Crippen molar-refractivity contribution >= 4 is 17.8 Å². The van der Waals surface area contributed by atoms with Crippen molar-refractivity contribution in [2.45, 2.75) is 503 Å². The lowest BCUT2D eigenvalue weighted by atomic mass is 9.88. The molecule has 3 aliphatic heterocycles. The lowest BCUT2D eigenvalue weighted by Gasteiger charge is -2.50. The number of amides is 2. The van der Waals surface area contributed by atoms with Crippen LogP contribution in [-0.4, -0.2) is 215 Å². The molecule has 3 fully saturated rings. The second-order valence-corrected chi connectivity index (χ2v) is 33.5. The molecule has 0 bridgehead atoms. The average molecular weight is 1610 g/mol. The maximum atomic E-state index is 13.6. The zero-order chi connectivity index (χ0) is 82.4. The van der Waals surface area contributed by atoms with E-state index in [0.29, 0.717) is 19.3 Å².